The first kappa shape index (κ1) is 19.2. The number of carbonyl (C=O) groups excluding carboxylic acids is 3. The van der Waals surface area contributed by atoms with Crippen LogP contribution in [0.25, 0.3) is 0 Å². The molecule has 4 rings (SSSR count). The van der Waals surface area contributed by atoms with E-state index in [4.69, 9.17) is 4.74 Å². The minimum Gasteiger partial charge on any atom is -0.454 e. The van der Waals surface area contributed by atoms with Gasteiger partial charge in [0.25, 0.3) is 0 Å². The van der Waals surface area contributed by atoms with Gasteiger partial charge in [-0.15, -0.1) is 0 Å². The predicted molar refractivity (Wildman–Crippen MR) is 110 cm³/mol. The van der Waals surface area contributed by atoms with Gasteiger partial charge in [-0.3, -0.25) is 9.59 Å². The molecule has 6 nitrogen and oxygen atoms in total. The number of ketones is 1. The normalized spacial score (nSPS) is 17.3. The lowest BCUT2D eigenvalue weighted by Crippen LogP contribution is -2.43. The number of nitrogens with one attached hydrogen (secondary N) is 1. The average Bonchev–Trinajstić information content (AvgIpc) is 3.23. The molecule has 2 aliphatic heterocycles. The number of fused-ring (bicyclic) bond motifs is 3. The Labute approximate surface area is 169 Å². The Morgan fingerprint density at radius 1 is 1.14 bits per heavy atom. The number of amides is 1. The van der Waals surface area contributed by atoms with Crippen LogP contribution in [0.1, 0.15) is 52.5 Å². The molecule has 0 radical (unpaired) electrons. The first-order valence-electron chi connectivity index (χ1n) is 10.1. The number of nitrogens with zero attached hydrogens (tertiary/aromatic N) is 1. The first-order chi connectivity index (χ1) is 14.1. The van der Waals surface area contributed by atoms with Gasteiger partial charge in [-0.05, 0) is 43.0 Å². The highest BCUT2D eigenvalue weighted by Crippen LogP contribution is 2.37. The molecule has 1 amide bonds. The number of anilines is 2. The smallest absolute Gasteiger partial charge is 0.338 e. The maximum atomic E-state index is 12.4. The van der Waals surface area contributed by atoms with E-state index in [9.17, 15) is 14.4 Å². The second-order valence-electron chi connectivity index (χ2n) is 7.52. The van der Waals surface area contributed by atoms with Crippen LogP contribution in [0.15, 0.2) is 42.5 Å². The van der Waals surface area contributed by atoms with Crippen LogP contribution in [0.3, 0.4) is 0 Å². The number of aryl methyl sites for hydroxylation is 1. The predicted octanol–water partition coefficient (Wildman–Crippen LogP) is 3.60. The van der Waals surface area contributed by atoms with E-state index in [2.05, 4.69) is 17.1 Å². The van der Waals surface area contributed by atoms with E-state index in [1.165, 1.54) is 5.56 Å². The summed E-state index contributed by atoms with van der Waals surface area (Å²) in [6.07, 6.45) is 3.83. The summed E-state index contributed by atoms with van der Waals surface area (Å²) < 4.78 is 5.21. The summed E-state index contributed by atoms with van der Waals surface area (Å²) in [6.45, 7) is 2.62. The zero-order chi connectivity index (χ0) is 20.4. The fourth-order valence-corrected chi connectivity index (χ4v) is 4.00. The third kappa shape index (κ3) is 3.88. The molecule has 0 aromatic heterocycles. The number of ether oxygens (including phenoxy) is 1. The molecule has 2 aliphatic rings. The molecule has 0 saturated carbocycles. The van der Waals surface area contributed by atoms with E-state index < -0.39 is 5.97 Å². The molecule has 2 heterocycles. The molecule has 150 valence electrons. The van der Waals surface area contributed by atoms with Crippen LogP contribution in [0, 0.1) is 0 Å². The fourth-order valence-electron chi connectivity index (χ4n) is 4.00. The largest absolute Gasteiger partial charge is 0.454 e. The van der Waals surface area contributed by atoms with Crippen LogP contribution < -0.4 is 10.2 Å². The standard InChI is InChI=1S/C23H24N2O4/c1-2-4-15-6-8-16(9-7-15)21(26)14-29-23(28)17-10-11-19-18(13-17)24-22(27)20-5-3-12-25(19)20/h6-11,13,20H,2-5,12,14H2,1H3,(H,24,27)/t20-/m0/s1. The van der Waals surface area contributed by atoms with Crippen LogP contribution in [0.4, 0.5) is 11.4 Å². The van der Waals surface area contributed by atoms with Crippen LogP contribution in [-0.4, -0.2) is 36.9 Å². The van der Waals surface area contributed by atoms with E-state index >= 15 is 0 Å². The molecule has 29 heavy (non-hydrogen) atoms. The number of hydrogen-bond acceptors (Lipinski definition) is 5. The van der Waals surface area contributed by atoms with Gasteiger partial charge >= 0.3 is 5.97 Å². The molecule has 2 aromatic rings. The lowest BCUT2D eigenvalue weighted by molar-refractivity contribution is -0.117. The maximum absolute atomic E-state index is 12.4. The zero-order valence-corrected chi connectivity index (χ0v) is 16.4. The van der Waals surface area contributed by atoms with Gasteiger partial charge < -0.3 is 15.0 Å². The summed E-state index contributed by atoms with van der Waals surface area (Å²) in [5.41, 5.74) is 3.55. The number of rotatable bonds is 6. The molecule has 1 fully saturated rings. The van der Waals surface area contributed by atoms with Crippen molar-refractivity contribution in [1.29, 1.82) is 0 Å². The van der Waals surface area contributed by atoms with E-state index in [0.29, 0.717) is 16.8 Å². The summed E-state index contributed by atoms with van der Waals surface area (Å²) in [6, 6.07) is 12.4. The molecule has 1 saturated heterocycles. The number of Topliss-reactive ketones (excluding diaryl/α,β-unsaturated/α-hetero) is 1. The van der Waals surface area contributed by atoms with Crippen LogP contribution in [-0.2, 0) is 16.0 Å². The van der Waals surface area contributed by atoms with Crippen LogP contribution in [0.2, 0.25) is 0 Å². The highest BCUT2D eigenvalue weighted by molar-refractivity contribution is 6.06. The summed E-state index contributed by atoms with van der Waals surface area (Å²) in [7, 11) is 0. The van der Waals surface area contributed by atoms with Gasteiger partial charge in [0, 0.05) is 12.1 Å². The third-order valence-corrected chi connectivity index (χ3v) is 5.50. The highest BCUT2D eigenvalue weighted by atomic mass is 16.5. The van der Waals surface area contributed by atoms with Crippen molar-refractivity contribution in [2.75, 3.05) is 23.4 Å². The van der Waals surface area contributed by atoms with Crippen molar-refractivity contribution in [3.05, 3.63) is 59.2 Å². The minimum absolute atomic E-state index is 0.0396. The molecule has 0 bridgehead atoms. The molecule has 2 aromatic carbocycles. The van der Waals surface area contributed by atoms with Gasteiger partial charge in [0.15, 0.2) is 12.4 Å². The van der Waals surface area contributed by atoms with Crippen molar-refractivity contribution in [2.24, 2.45) is 0 Å². The Hall–Kier alpha value is -3.15. The topological polar surface area (TPSA) is 75.7 Å². The van der Waals surface area contributed by atoms with Gasteiger partial charge in [0.05, 0.1) is 16.9 Å². The minimum atomic E-state index is -0.582. The Kier molecular flexibility index (Phi) is 5.34. The van der Waals surface area contributed by atoms with Gasteiger partial charge in [0.2, 0.25) is 5.91 Å². The number of hydrogen-bond donors (Lipinski definition) is 1. The quantitative estimate of drug-likeness (QED) is 0.600. The zero-order valence-electron chi connectivity index (χ0n) is 16.4. The van der Waals surface area contributed by atoms with Crippen LogP contribution in [0.5, 0.6) is 0 Å². The molecule has 1 atom stereocenters. The van der Waals surface area contributed by atoms with Gasteiger partial charge in [0.1, 0.15) is 6.04 Å². The Bertz CT molecular complexity index is 952. The molecule has 0 aliphatic carbocycles. The van der Waals surface area contributed by atoms with Gasteiger partial charge in [-0.25, -0.2) is 4.79 Å². The second kappa shape index (κ2) is 8.07. The van der Waals surface area contributed by atoms with Crippen molar-refractivity contribution in [3.63, 3.8) is 0 Å². The highest BCUT2D eigenvalue weighted by Gasteiger charge is 2.36. The maximum Gasteiger partial charge on any atom is 0.338 e. The molecular weight excluding hydrogens is 368 g/mol. The second-order valence-corrected chi connectivity index (χ2v) is 7.52. The molecule has 0 unspecified atom stereocenters. The third-order valence-electron chi connectivity index (χ3n) is 5.50. The van der Waals surface area contributed by atoms with E-state index in [1.807, 2.05) is 18.2 Å². The molecule has 1 N–H and O–H groups in total. The summed E-state index contributed by atoms with van der Waals surface area (Å²) in [4.78, 5) is 39.0. The van der Waals surface area contributed by atoms with E-state index in [1.54, 1.807) is 24.3 Å². The van der Waals surface area contributed by atoms with E-state index in [0.717, 1.165) is 37.9 Å². The number of benzene rings is 2. The first-order valence-corrected chi connectivity index (χ1v) is 10.1. The average molecular weight is 392 g/mol. The molecule has 0 spiro atoms. The van der Waals surface area contributed by atoms with Crippen LogP contribution >= 0.6 is 0 Å². The molecular formula is C23H24N2O4. The van der Waals surface area contributed by atoms with Crippen molar-refractivity contribution >= 4 is 29.0 Å². The Balaban J connectivity index is 1.41. The lowest BCUT2D eigenvalue weighted by atomic mass is 10.1. The van der Waals surface area contributed by atoms with E-state index in [-0.39, 0.29) is 24.3 Å². The van der Waals surface area contributed by atoms with Crippen molar-refractivity contribution < 1.29 is 19.1 Å². The number of carbonyl (C=O) groups is 3. The fraction of sp³-hybridized carbons (Fsp3) is 0.348. The summed E-state index contributed by atoms with van der Waals surface area (Å²) >= 11 is 0. The molecule has 6 heteroatoms. The SMILES string of the molecule is CCCc1ccc(C(=O)COC(=O)c2ccc3c(c2)NC(=O)[C@@H]2CCCN32)cc1. The van der Waals surface area contributed by atoms with Crippen molar-refractivity contribution in [1.82, 2.24) is 0 Å². The van der Waals surface area contributed by atoms with Crippen molar-refractivity contribution in [3.8, 4) is 0 Å². The van der Waals surface area contributed by atoms with Gasteiger partial charge in [-0.1, -0.05) is 37.6 Å². The Morgan fingerprint density at radius 2 is 1.90 bits per heavy atom. The summed E-state index contributed by atoms with van der Waals surface area (Å²) in [5, 5.41) is 2.88. The van der Waals surface area contributed by atoms with Gasteiger partial charge in [-0.2, -0.15) is 0 Å². The van der Waals surface area contributed by atoms with Crippen molar-refractivity contribution in [2.45, 2.75) is 38.6 Å². The monoisotopic (exact) mass is 392 g/mol. The lowest BCUT2D eigenvalue weighted by Gasteiger charge is -2.33. The number of esters is 1. The Morgan fingerprint density at radius 3 is 2.66 bits per heavy atom. The summed E-state index contributed by atoms with van der Waals surface area (Å²) in [5.74, 6) is -0.865.